The fourth-order valence-electron chi connectivity index (χ4n) is 4.80. The van der Waals surface area contributed by atoms with Gasteiger partial charge in [0.05, 0.1) is 17.0 Å². The van der Waals surface area contributed by atoms with Crippen LogP contribution in [0.2, 0.25) is 0 Å². The minimum absolute atomic E-state index is 0.109. The van der Waals surface area contributed by atoms with Gasteiger partial charge in [-0.2, -0.15) is 0 Å². The molecule has 0 aromatic rings. The second-order valence-corrected chi connectivity index (χ2v) is 8.59. The van der Waals surface area contributed by atoms with E-state index < -0.39 is 22.2 Å². The van der Waals surface area contributed by atoms with Gasteiger partial charge in [-0.15, -0.1) is 0 Å². The maximum Gasteiger partial charge on any atom is 0.312 e. The molecule has 2 aliphatic heterocycles. The predicted molar refractivity (Wildman–Crippen MR) is 82.5 cm³/mol. The Morgan fingerprint density at radius 3 is 2.54 bits per heavy atom. The van der Waals surface area contributed by atoms with Gasteiger partial charge in [0.25, 0.3) is 0 Å². The van der Waals surface area contributed by atoms with Gasteiger partial charge in [-0.05, 0) is 51.9 Å². The molecule has 7 heteroatoms. The third-order valence-electron chi connectivity index (χ3n) is 6.99. The highest BCUT2D eigenvalue weighted by Gasteiger charge is 2.82. The van der Waals surface area contributed by atoms with Crippen LogP contribution in [0.3, 0.4) is 0 Å². The van der Waals surface area contributed by atoms with Gasteiger partial charge in [0.2, 0.25) is 11.8 Å². The van der Waals surface area contributed by atoms with Crippen molar-refractivity contribution in [3.63, 3.8) is 0 Å². The van der Waals surface area contributed by atoms with Crippen LogP contribution < -0.4 is 11.1 Å². The number of ether oxygens (including phenoxy) is 1. The molecule has 130 valence electrons. The summed E-state index contributed by atoms with van der Waals surface area (Å²) in [6, 6.07) is 0. The number of carbonyl (C=O) groups is 3. The lowest BCUT2D eigenvalue weighted by Crippen LogP contribution is -2.62. The number of hydrogen-bond acceptors (Lipinski definition) is 5. The standard InChI is InChI=1S/C17H23N3O4/c1-14(3-2-8-20(14)13(23)15(18)4-5-15)12(22)19-17-9-10(17)11(21)24-16(17)6-7-16/h10H,2-9,18H2,1H3,(H,19,22). The minimum atomic E-state index is -0.879. The number of amides is 2. The molecule has 5 rings (SSSR count). The predicted octanol–water partition coefficient (Wildman–Crippen LogP) is -0.177. The molecule has 0 aromatic heterocycles. The number of nitrogens with zero attached hydrogens (tertiary/aromatic N) is 1. The Hall–Kier alpha value is -1.63. The molecule has 2 heterocycles. The van der Waals surface area contributed by atoms with Gasteiger partial charge in [-0.1, -0.05) is 0 Å². The van der Waals surface area contributed by atoms with E-state index in [-0.39, 0.29) is 23.7 Å². The van der Waals surface area contributed by atoms with Crippen LogP contribution in [-0.2, 0) is 19.1 Å². The van der Waals surface area contributed by atoms with Gasteiger partial charge in [-0.3, -0.25) is 14.4 Å². The fourth-order valence-corrected chi connectivity index (χ4v) is 4.80. The van der Waals surface area contributed by atoms with Crippen LogP contribution in [-0.4, -0.2) is 51.4 Å². The first-order valence-electron chi connectivity index (χ1n) is 8.93. The number of carbonyl (C=O) groups excluding carboxylic acids is 3. The average molecular weight is 333 g/mol. The molecule has 3 aliphatic carbocycles. The average Bonchev–Trinajstić information content (AvgIpc) is 3.44. The summed E-state index contributed by atoms with van der Waals surface area (Å²) < 4.78 is 5.51. The summed E-state index contributed by atoms with van der Waals surface area (Å²) in [4.78, 5) is 39.4. The molecule has 3 N–H and O–H groups in total. The SMILES string of the molecule is CC1(C(=O)NC23CC2C(=O)OC32CC2)CCCN1C(=O)C1(N)CC1. The van der Waals surface area contributed by atoms with Crippen LogP contribution in [0.25, 0.3) is 0 Å². The van der Waals surface area contributed by atoms with Crippen molar-refractivity contribution < 1.29 is 19.1 Å². The number of rotatable bonds is 3. The number of nitrogens with one attached hydrogen (secondary N) is 1. The van der Waals surface area contributed by atoms with Gasteiger partial charge < -0.3 is 20.7 Å². The molecule has 5 aliphatic rings. The lowest BCUT2D eigenvalue weighted by atomic mass is 9.94. The summed E-state index contributed by atoms with van der Waals surface area (Å²) in [5, 5.41) is 3.13. The molecular formula is C17H23N3O4. The first kappa shape index (κ1) is 14.7. The first-order chi connectivity index (χ1) is 11.3. The molecule has 0 radical (unpaired) electrons. The Bertz CT molecular complexity index is 683. The summed E-state index contributed by atoms with van der Waals surface area (Å²) in [5.74, 6) is -0.661. The zero-order chi connectivity index (χ0) is 17.0. The summed E-state index contributed by atoms with van der Waals surface area (Å²) >= 11 is 0. The van der Waals surface area contributed by atoms with Crippen molar-refractivity contribution in [3.05, 3.63) is 0 Å². The topological polar surface area (TPSA) is 102 Å². The highest BCUT2D eigenvalue weighted by atomic mass is 16.6. The Labute approximate surface area is 140 Å². The Kier molecular flexibility index (Phi) is 2.42. The molecule has 0 bridgehead atoms. The monoisotopic (exact) mass is 333 g/mol. The van der Waals surface area contributed by atoms with E-state index in [0.717, 1.165) is 19.3 Å². The maximum atomic E-state index is 13.1. The van der Waals surface area contributed by atoms with Crippen LogP contribution in [0.15, 0.2) is 0 Å². The number of likely N-dealkylation sites (tertiary alicyclic amines) is 1. The Morgan fingerprint density at radius 1 is 1.25 bits per heavy atom. The van der Waals surface area contributed by atoms with Crippen LogP contribution in [0.5, 0.6) is 0 Å². The highest BCUT2D eigenvalue weighted by Crippen LogP contribution is 2.68. The number of nitrogens with two attached hydrogens (primary N) is 1. The maximum absolute atomic E-state index is 13.1. The lowest BCUT2D eigenvalue weighted by Gasteiger charge is -2.37. The zero-order valence-electron chi connectivity index (χ0n) is 13.9. The molecule has 1 spiro atoms. The molecule has 24 heavy (non-hydrogen) atoms. The summed E-state index contributed by atoms with van der Waals surface area (Å²) in [6.45, 7) is 2.39. The minimum Gasteiger partial charge on any atom is -0.456 e. The molecule has 0 aromatic carbocycles. The molecular weight excluding hydrogens is 310 g/mol. The molecule has 3 unspecified atom stereocenters. The van der Waals surface area contributed by atoms with E-state index in [9.17, 15) is 14.4 Å². The molecule has 3 atom stereocenters. The fraction of sp³-hybridized carbons (Fsp3) is 0.824. The van der Waals surface area contributed by atoms with Crippen LogP contribution >= 0.6 is 0 Å². The van der Waals surface area contributed by atoms with Gasteiger partial charge in [0.1, 0.15) is 11.1 Å². The van der Waals surface area contributed by atoms with E-state index >= 15 is 0 Å². The highest BCUT2D eigenvalue weighted by molar-refractivity contribution is 5.98. The third-order valence-corrected chi connectivity index (χ3v) is 6.99. The molecule has 2 amide bonds. The van der Waals surface area contributed by atoms with Crippen molar-refractivity contribution in [2.45, 2.75) is 74.1 Å². The van der Waals surface area contributed by atoms with Crippen molar-refractivity contribution in [2.75, 3.05) is 6.54 Å². The van der Waals surface area contributed by atoms with Crippen molar-refractivity contribution >= 4 is 17.8 Å². The molecule has 3 saturated carbocycles. The quantitative estimate of drug-likeness (QED) is 0.698. The summed E-state index contributed by atoms with van der Waals surface area (Å²) in [5.41, 5.74) is 3.43. The summed E-state index contributed by atoms with van der Waals surface area (Å²) in [7, 11) is 0. The Morgan fingerprint density at radius 2 is 1.96 bits per heavy atom. The normalized spacial score (nSPS) is 42.5. The third kappa shape index (κ3) is 1.59. The second kappa shape index (κ2) is 3.95. The Balaban J connectivity index is 1.39. The van der Waals surface area contributed by atoms with Crippen molar-refractivity contribution in [1.82, 2.24) is 10.2 Å². The van der Waals surface area contributed by atoms with Crippen LogP contribution in [0, 0.1) is 5.92 Å². The van der Waals surface area contributed by atoms with E-state index in [0.29, 0.717) is 32.2 Å². The largest absolute Gasteiger partial charge is 0.456 e. The van der Waals surface area contributed by atoms with Crippen molar-refractivity contribution in [3.8, 4) is 0 Å². The summed E-state index contributed by atoms with van der Waals surface area (Å²) in [6.07, 6.45) is 5.12. The molecule has 5 fully saturated rings. The van der Waals surface area contributed by atoms with Crippen LogP contribution in [0.4, 0.5) is 0 Å². The van der Waals surface area contributed by atoms with E-state index in [2.05, 4.69) is 5.32 Å². The lowest BCUT2D eigenvalue weighted by molar-refractivity contribution is -0.148. The first-order valence-corrected chi connectivity index (χ1v) is 8.93. The van der Waals surface area contributed by atoms with Gasteiger partial charge in [0.15, 0.2) is 0 Å². The van der Waals surface area contributed by atoms with Gasteiger partial charge in [-0.25, -0.2) is 0 Å². The number of fused-ring (bicyclic) bond motifs is 2. The van der Waals surface area contributed by atoms with E-state index in [1.165, 1.54) is 0 Å². The second-order valence-electron chi connectivity index (χ2n) is 8.59. The molecule has 7 nitrogen and oxygen atoms in total. The van der Waals surface area contributed by atoms with E-state index in [4.69, 9.17) is 10.5 Å². The number of esters is 1. The van der Waals surface area contributed by atoms with E-state index in [1.807, 2.05) is 6.92 Å². The van der Waals surface area contributed by atoms with Gasteiger partial charge >= 0.3 is 5.97 Å². The van der Waals surface area contributed by atoms with Gasteiger partial charge in [0, 0.05) is 6.54 Å². The van der Waals surface area contributed by atoms with Crippen molar-refractivity contribution in [2.24, 2.45) is 11.7 Å². The molecule has 2 saturated heterocycles. The van der Waals surface area contributed by atoms with Crippen LogP contribution in [0.1, 0.15) is 51.9 Å². The zero-order valence-corrected chi connectivity index (χ0v) is 13.9. The number of hydrogen-bond donors (Lipinski definition) is 2. The smallest absolute Gasteiger partial charge is 0.312 e. The van der Waals surface area contributed by atoms with Crippen molar-refractivity contribution in [1.29, 1.82) is 0 Å². The van der Waals surface area contributed by atoms with E-state index in [1.54, 1.807) is 4.90 Å².